The highest BCUT2D eigenvalue weighted by molar-refractivity contribution is 5.07. The van der Waals surface area contributed by atoms with Gasteiger partial charge in [0.2, 0.25) is 0 Å². The smallest absolute Gasteiger partial charge is 0.0892 e. The van der Waals surface area contributed by atoms with Crippen LogP contribution in [-0.2, 0) is 18.4 Å². The Balaban J connectivity index is 2.60. The van der Waals surface area contributed by atoms with Crippen molar-refractivity contribution in [3.05, 3.63) is 17.5 Å². The molecule has 4 heteroatoms. The topological polar surface area (TPSA) is 53.1 Å². The molecule has 15 heavy (non-hydrogen) atoms. The van der Waals surface area contributed by atoms with Gasteiger partial charge in [-0.15, -0.1) is 0 Å². The Labute approximate surface area is 91.4 Å². The van der Waals surface area contributed by atoms with Crippen LogP contribution in [0.15, 0.2) is 6.07 Å². The van der Waals surface area contributed by atoms with Gasteiger partial charge < -0.3 is 10.5 Å². The minimum absolute atomic E-state index is 0.224. The number of ether oxygens (including phenoxy) is 1. The van der Waals surface area contributed by atoms with Crippen LogP contribution in [-0.4, -0.2) is 21.9 Å². The van der Waals surface area contributed by atoms with E-state index in [9.17, 15) is 0 Å². The molecule has 0 aliphatic heterocycles. The minimum Gasteiger partial charge on any atom is -0.368 e. The highest BCUT2D eigenvalue weighted by Crippen LogP contribution is 2.16. The van der Waals surface area contributed by atoms with E-state index >= 15 is 0 Å². The first kappa shape index (κ1) is 12.2. The summed E-state index contributed by atoms with van der Waals surface area (Å²) in [7, 11) is 1.93. The van der Waals surface area contributed by atoms with Crippen LogP contribution < -0.4 is 5.73 Å². The average Bonchev–Trinajstić information content (AvgIpc) is 2.54. The van der Waals surface area contributed by atoms with Gasteiger partial charge in [-0.25, -0.2) is 0 Å². The van der Waals surface area contributed by atoms with Crippen molar-refractivity contribution in [3.8, 4) is 0 Å². The third kappa shape index (κ3) is 3.04. The van der Waals surface area contributed by atoms with E-state index in [0.29, 0.717) is 13.2 Å². The number of hydrogen-bond donors (Lipinski definition) is 1. The number of nitrogens with two attached hydrogens (primary N) is 1. The van der Waals surface area contributed by atoms with E-state index in [-0.39, 0.29) is 5.60 Å². The molecule has 86 valence electrons. The number of hydrogen-bond acceptors (Lipinski definition) is 3. The van der Waals surface area contributed by atoms with E-state index in [1.807, 2.05) is 31.6 Å². The Morgan fingerprint density at radius 2 is 2.27 bits per heavy atom. The highest BCUT2D eigenvalue weighted by atomic mass is 16.5. The molecule has 1 unspecified atom stereocenters. The van der Waals surface area contributed by atoms with E-state index < -0.39 is 0 Å². The average molecular weight is 211 g/mol. The van der Waals surface area contributed by atoms with Crippen LogP contribution in [0.5, 0.6) is 0 Å². The second-order valence-corrected chi connectivity index (χ2v) is 4.20. The van der Waals surface area contributed by atoms with E-state index in [0.717, 1.165) is 17.8 Å². The Morgan fingerprint density at radius 3 is 2.67 bits per heavy atom. The molecular weight excluding hydrogens is 190 g/mol. The van der Waals surface area contributed by atoms with E-state index in [1.54, 1.807) is 0 Å². The zero-order valence-corrected chi connectivity index (χ0v) is 10.1. The molecule has 0 bridgehead atoms. The van der Waals surface area contributed by atoms with Crippen LogP contribution in [0, 0.1) is 6.92 Å². The van der Waals surface area contributed by atoms with Crippen LogP contribution in [0.25, 0.3) is 0 Å². The fourth-order valence-electron chi connectivity index (χ4n) is 1.35. The fourth-order valence-corrected chi connectivity index (χ4v) is 1.35. The summed E-state index contributed by atoms with van der Waals surface area (Å²) >= 11 is 0. The second kappa shape index (κ2) is 4.77. The summed E-state index contributed by atoms with van der Waals surface area (Å²) in [4.78, 5) is 0. The van der Waals surface area contributed by atoms with Crippen LogP contribution in [0.4, 0.5) is 0 Å². The van der Waals surface area contributed by atoms with E-state index in [1.165, 1.54) is 0 Å². The zero-order chi connectivity index (χ0) is 11.5. The van der Waals surface area contributed by atoms with Crippen LogP contribution in [0.2, 0.25) is 0 Å². The summed E-state index contributed by atoms with van der Waals surface area (Å²) in [6, 6.07) is 2.03. The van der Waals surface area contributed by atoms with Crippen LogP contribution >= 0.6 is 0 Å². The lowest BCUT2D eigenvalue weighted by atomic mass is 10.0. The van der Waals surface area contributed by atoms with Gasteiger partial charge in [-0.1, -0.05) is 6.92 Å². The first-order valence-electron chi connectivity index (χ1n) is 5.34. The summed E-state index contributed by atoms with van der Waals surface area (Å²) in [6.07, 6.45) is 0.917. The first-order chi connectivity index (χ1) is 7.00. The fraction of sp³-hybridized carbons (Fsp3) is 0.727. The summed E-state index contributed by atoms with van der Waals surface area (Å²) in [5, 5.41) is 4.27. The molecule has 0 amide bonds. The van der Waals surface area contributed by atoms with Gasteiger partial charge >= 0.3 is 0 Å². The molecule has 1 heterocycles. The molecule has 0 saturated carbocycles. The molecule has 0 fully saturated rings. The summed E-state index contributed by atoms with van der Waals surface area (Å²) < 4.78 is 7.67. The van der Waals surface area contributed by atoms with Gasteiger partial charge in [0.25, 0.3) is 0 Å². The molecule has 1 aromatic rings. The predicted molar refractivity (Wildman–Crippen MR) is 60.5 cm³/mol. The van der Waals surface area contributed by atoms with Gasteiger partial charge in [-0.2, -0.15) is 5.10 Å². The van der Waals surface area contributed by atoms with Crippen molar-refractivity contribution in [1.29, 1.82) is 0 Å². The highest BCUT2D eigenvalue weighted by Gasteiger charge is 2.21. The van der Waals surface area contributed by atoms with Crippen molar-refractivity contribution in [1.82, 2.24) is 9.78 Å². The lowest BCUT2D eigenvalue weighted by Gasteiger charge is -2.26. The maximum atomic E-state index is 5.82. The van der Waals surface area contributed by atoms with Crippen molar-refractivity contribution >= 4 is 0 Å². The maximum Gasteiger partial charge on any atom is 0.0892 e. The monoisotopic (exact) mass is 211 g/mol. The van der Waals surface area contributed by atoms with Gasteiger partial charge in [0.1, 0.15) is 0 Å². The number of nitrogens with zero attached hydrogens (tertiary/aromatic N) is 2. The summed E-state index contributed by atoms with van der Waals surface area (Å²) in [6.45, 7) is 7.21. The molecule has 1 atom stereocenters. The van der Waals surface area contributed by atoms with Gasteiger partial charge in [0, 0.05) is 13.6 Å². The maximum absolute atomic E-state index is 5.82. The van der Waals surface area contributed by atoms with Crippen molar-refractivity contribution < 1.29 is 4.74 Å². The largest absolute Gasteiger partial charge is 0.368 e. The van der Waals surface area contributed by atoms with Crippen molar-refractivity contribution in [2.75, 3.05) is 6.54 Å². The molecule has 0 saturated heterocycles. The minimum atomic E-state index is -0.224. The number of aryl methyl sites for hydroxylation is 2. The van der Waals surface area contributed by atoms with Crippen molar-refractivity contribution in [2.24, 2.45) is 12.8 Å². The molecule has 0 aromatic carbocycles. The summed E-state index contributed by atoms with van der Waals surface area (Å²) in [5.74, 6) is 0. The Bertz CT molecular complexity index is 316. The SMILES string of the molecule is CCC(C)(CN)OCc1cc(C)nn1C. The third-order valence-electron chi connectivity index (χ3n) is 2.85. The molecule has 0 aliphatic rings. The Hall–Kier alpha value is -0.870. The number of aromatic nitrogens is 2. The van der Waals surface area contributed by atoms with E-state index in [2.05, 4.69) is 12.0 Å². The lowest BCUT2D eigenvalue weighted by molar-refractivity contribution is -0.0411. The third-order valence-corrected chi connectivity index (χ3v) is 2.85. The van der Waals surface area contributed by atoms with Gasteiger partial charge in [-0.05, 0) is 26.3 Å². The molecule has 2 N–H and O–H groups in total. The second-order valence-electron chi connectivity index (χ2n) is 4.20. The standard InChI is InChI=1S/C11H21N3O/c1-5-11(3,8-12)15-7-10-6-9(2)13-14(10)4/h6H,5,7-8,12H2,1-4H3. The van der Waals surface area contributed by atoms with Gasteiger partial charge in [0.05, 0.1) is 23.6 Å². The van der Waals surface area contributed by atoms with Crippen molar-refractivity contribution in [3.63, 3.8) is 0 Å². The normalized spacial score (nSPS) is 15.3. The molecule has 0 aliphatic carbocycles. The first-order valence-corrected chi connectivity index (χ1v) is 5.34. The number of rotatable bonds is 5. The van der Waals surface area contributed by atoms with Gasteiger partial charge in [0.15, 0.2) is 0 Å². The molecule has 1 aromatic heterocycles. The van der Waals surface area contributed by atoms with Crippen LogP contribution in [0.1, 0.15) is 31.7 Å². The van der Waals surface area contributed by atoms with Crippen LogP contribution in [0.3, 0.4) is 0 Å². The van der Waals surface area contributed by atoms with Gasteiger partial charge in [-0.3, -0.25) is 4.68 Å². The lowest BCUT2D eigenvalue weighted by Crippen LogP contribution is -2.36. The molecular formula is C11H21N3O. The molecule has 4 nitrogen and oxygen atoms in total. The quantitative estimate of drug-likeness (QED) is 0.800. The van der Waals surface area contributed by atoms with Crippen molar-refractivity contribution in [2.45, 2.75) is 39.4 Å². The summed E-state index contributed by atoms with van der Waals surface area (Å²) in [5.41, 5.74) is 7.55. The molecule has 1 rings (SSSR count). The molecule has 0 spiro atoms. The Morgan fingerprint density at radius 1 is 1.60 bits per heavy atom. The zero-order valence-electron chi connectivity index (χ0n) is 10.1. The molecule has 0 radical (unpaired) electrons. The Kier molecular flexibility index (Phi) is 3.88. The predicted octanol–water partition coefficient (Wildman–Crippen LogP) is 1.37. The van der Waals surface area contributed by atoms with E-state index in [4.69, 9.17) is 10.5 Å².